The lowest BCUT2D eigenvalue weighted by atomic mass is 9.97. The first kappa shape index (κ1) is 10.6. The molecule has 0 saturated heterocycles. The highest BCUT2D eigenvalue weighted by atomic mass is 19.1. The Bertz CT molecular complexity index is 342. The van der Waals surface area contributed by atoms with Gasteiger partial charge in [-0.2, -0.15) is 0 Å². The Balaban J connectivity index is 2.06. The van der Waals surface area contributed by atoms with E-state index in [2.05, 4.69) is 0 Å². The molecule has 0 heterocycles. The molecule has 1 aromatic rings. The summed E-state index contributed by atoms with van der Waals surface area (Å²) in [6.07, 6.45) is 3.26. The van der Waals surface area contributed by atoms with Crippen LogP contribution in [0.4, 0.5) is 4.39 Å². The van der Waals surface area contributed by atoms with E-state index in [0.717, 1.165) is 36.8 Å². The third-order valence-corrected chi connectivity index (χ3v) is 3.27. The highest BCUT2D eigenvalue weighted by molar-refractivity contribution is 5.29. The lowest BCUT2D eigenvalue weighted by molar-refractivity contribution is 0.371. The zero-order valence-corrected chi connectivity index (χ0v) is 9.17. The Morgan fingerprint density at radius 3 is 2.67 bits per heavy atom. The monoisotopic (exact) mass is 207 g/mol. The van der Waals surface area contributed by atoms with E-state index in [1.807, 2.05) is 24.3 Å². The van der Waals surface area contributed by atoms with Gasteiger partial charge in [-0.1, -0.05) is 24.3 Å². The van der Waals surface area contributed by atoms with Gasteiger partial charge in [-0.15, -0.1) is 0 Å². The first-order chi connectivity index (χ1) is 7.11. The third kappa shape index (κ3) is 2.57. The van der Waals surface area contributed by atoms with Crippen molar-refractivity contribution in [3.8, 4) is 0 Å². The van der Waals surface area contributed by atoms with Crippen molar-refractivity contribution in [2.24, 2.45) is 5.73 Å². The highest BCUT2D eigenvalue weighted by Gasteiger charge is 2.37. The van der Waals surface area contributed by atoms with E-state index < -0.39 is 6.17 Å². The largest absolute Gasteiger partial charge is 0.325 e. The van der Waals surface area contributed by atoms with E-state index in [4.69, 9.17) is 5.73 Å². The van der Waals surface area contributed by atoms with Crippen molar-refractivity contribution < 1.29 is 4.39 Å². The molecule has 1 aromatic carbocycles. The summed E-state index contributed by atoms with van der Waals surface area (Å²) in [5.41, 5.74) is 8.03. The van der Waals surface area contributed by atoms with Gasteiger partial charge in [0.1, 0.15) is 6.17 Å². The summed E-state index contributed by atoms with van der Waals surface area (Å²) in [7, 11) is 0. The molecule has 1 fully saturated rings. The van der Waals surface area contributed by atoms with Crippen LogP contribution >= 0.6 is 0 Å². The Morgan fingerprint density at radius 2 is 2.07 bits per heavy atom. The van der Waals surface area contributed by atoms with Crippen molar-refractivity contribution in [3.05, 3.63) is 35.4 Å². The molecule has 2 heteroatoms. The maximum Gasteiger partial charge on any atom is 0.123 e. The number of hydrogen-bond acceptors (Lipinski definition) is 1. The van der Waals surface area contributed by atoms with Gasteiger partial charge in [0, 0.05) is 5.54 Å². The molecule has 2 N–H and O–H groups in total. The average molecular weight is 207 g/mol. The number of aryl methyl sites for hydroxylation is 1. The van der Waals surface area contributed by atoms with Gasteiger partial charge < -0.3 is 5.73 Å². The second-order valence-electron chi connectivity index (χ2n) is 4.68. The van der Waals surface area contributed by atoms with Crippen molar-refractivity contribution >= 4 is 0 Å². The molecule has 0 amide bonds. The third-order valence-electron chi connectivity index (χ3n) is 3.27. The Morgan fingerprint density at radius 1 is 1.40 bits per heavy atom. The minimum Gasteiger partial charge on any atom is -0.325 e. The van der Waals surface area contributed by atoms with Gasteiger partial charge in [0.05, 0.1) is 0 Å². The molecule has 1 unspecified atom stereocenters. The molecule has 0 bridgehead atoms. The van der Waals surface area contributed by atoms with Crippen molar-refractivity contribution in [3.63, 3.8) is 0 Å². The average Bonchev–Trinajstić information content (AvgIpc) is 2.95. The Labute approximate surface area is 90.5 Å². The zero-order valence-electron chi connectivity index (χ0n) is 9.17. The summed E-state index contributed by atoms with van der Waals surface area (Å²) in [6.45, 7) is 1.59. The maximum atomic E-state index is 13.3. The summed E-state index contributed by atoms with van der Waals surface area (Å²) >= 11 is 0. The second-order valence-corrected chi connectivity index (χ2v) is 4.68. The highest BCUT2D eigenvalue weighted by Crippen LogP contribution is 2.37. The van der Waals surface area contributed by atoms with Gasteiger partial charge in [-0.25, -0.2) is 4.39 Å². The SMILES string of the molecule is CC(F)c1ccccc1CCC1(N)CC1. The molecule has 0 spiro atoms. The van der Waals surface area contributed by atoms with Gasteiger partial charge in [0.15, 0.2) is 0 Å². The van der Waals surface area contributed by atoms with Crippen molar-refractivity contribution in [2.45, 2.75) is 44.3 Å². The lowest BCUT2D eigenvalue weighted by Gasteiger charge is -2.12. The van der Waals surface area contributed by atoms with Crippen LogP contribution in [-0.4, -0.2) is 5.54 Å². The number of halogens is 1. The van der Waals surface area contributed by atoms with E-state index in [1.54, 1.807) is 6.92 Å². The summed E-state index contributed by atoms with van der Waals surface area (Å²) < 4.78 is 13.3. The predicted octanol–water partition coefficient (Wildman–Crippen LogP) is 3.14. The van der Waals surface area contributed by atoms with Gasteiger partial charge in [-0.3, -0.25) is 0 Å². The summed E-state index contributed by atoms with van der Waals surface area (Å²) in [5, 5.41) is 0. The van der Waals surface area contributed by atoms with Crippen molar-refractivity contribution in [1.82, 2.24) is 0 Å². The van der Waals surface area contributed by atoms with Crippen LogP contribution in [-0.2, 0) is 6.42 Å². The predicted molar refractivity (Wildman–Crippen MR) is 60.4 cm³/mol. The molecule has 0 aliphatic heterocycles. The topological polar surface area (TPSA) is 26.0 Å². The molecule has 1 saturated carbocycles. The number of alkyl halides is 1. The van der Waals surface area contributed by atoms with Crippen LogP contribution in [0.1, 0.15) is 43.5 Å². The Kier molecular flexibility index (Phi) is 2.79. The van der Waals surface area contributed by atoms with Gasteiger partial charge >= 0.3 is 0 Å². The van der Waals surface area contributed by atoms with Crippen LogP contribution < -0.4 is 5.73 Å². The van der Waals surface area contributed by atoms with E-state index in [-0.39, 0.29) is 5.54 Å². The molecule has 82 valence electrons. The minimum atomic E-state index is -0.880. The second kappa shape index (κ2) is 3.93. The van der Waals surface area contributed by atoms with Crippen molar-refractivity contribution in [2.75, 3.05) is 0 Å². The number of benzene rings is 1. The van der Waals surface area contributed by atoms with Gasteiger partial charge in [0.2, 0.25) is 0 Å². The lowest BCUT2D eigenvalue weighted by Crippen LogP contribution is -2.22. The fraction of sp³-hybridized carbons (Fsp3) is 0.538. The molecular weight excluding hydrogens is 189 g/mol. The fourth-order valence-electron chi connectivity index (χ4n) is 1.94. The van der Waals surface area contributed by atoms with Crippen molar-refractivity contribution in [1.29, 1.82) is 0 Å². The number of rotatable bonds is 4. The van der Waals surface area contributed by atoms with Crippen LogP contribution in [0.3, 0.4) is 0 Å². The van der Waals surface area contributed by atoms with Crippen LogP contribution in [0.2, 0.25) is 0 Å². The molecule has 2 rings (SSSR count). The molecule has 0 aromatic heterocycles. The first-order valence-corrected chi connectivity index (χ1v) is 5.61. The van der Waals surface area contributed by atoms with E-state index in [9.17, 15) is 4.39 Å². The molecule has 15 heavy (non-hydrogen) atoms. The molecular formula is C13H18FN. The zero-order chi connectivity index (χ0) is 10.9. The number of hydrogen-bond donors (Lipinski definition) is 1. The minimum absolute atomic E-state index is 0.0622. The first-order valence-electron chi connectivity index (χ1n) is 5.61. The standard InChI is InChI=1S/C13H18FN/c1-10(14)12-5-3-2-4-11(12)6-7-13(15)8-9-13/h2-5,10H,6-9,15H2,1H3. The smallest absolute Gasteiger partial charge is 0.123 e. The molecule has 1 aliphatic rings. The summed E-state index contributed by atoms with van der Waals surface area (Å²) in [5.74, 6) is 0. The normalized spacial score (nSPS) is 19.9. The molecule has 1 atom stereocenters. The van der Waals surface area contributed by atoms with Crippen LogP contribution in [0, 0.1) is 0 Å². The molecule has 1 aliphatic carbocycles. The van der Waals surface area contributed by atoms with E-state index in [1.165, 1.54) is 0 Å². The maximum absolute atomic E-state index is 13.3. The molecule has 0 radical (unpaired) electrons. The van der Waals surface area contributed by atoms with E-state index >= 15 is 0 Å². The van der Waals surface area contributed by atoms with Gasteiger partial charge in [-0.05, 0) is 43.7 Å². The summed E-state index contributed by atoms with van der Waals surface area (Å²) in [4.78, 5) is 0. The Hall–Kier alpha value is -0.890. The van der Waals surface area contributed by atoms with Crippen LogP contribution in [0.15, 0.2) is 24.3 Å². The fourth-order valence-corrected chi connectivity index (χ4v) is 1.94. The van der Waals surface area contributed by atoms with Crippen LogP contribution in [0.5, 0.6) is 0 Å². The molecule has 1 nitrogen and oxygen atoms in total. The quantitative estimate of drug-likeness (QED) is 0.806. The van der Waals surface area contributed by atoms with E-state index in [0.29, 0.717) is 0 Å². The van der Waals surface area contributed by atoms with Gasteiger partial charge in [0.25, 0.3) is 0 Å². The summed E-state index contributed by atoms with van der Waals surface area (Å²) in [6, 6.07) is 7.74. The number of nitrogens with two attached hydrogens (primary N) is 1. The van der Waals surface area contributed by atoms with Crippen LogP contribution in [0.25, 0.3) is 0 Å².